The number of aliphatic carboxylic acids is 1. The van der Waals surface area contributed by atoms with E-state index in [1.54, 1.807) is 36.6 Å². The average molecular weight is 1150 g/mol. The standard InChI is InChI=1S/C50H75N11O14S3/c1-6-11-43(67)75-31-61(49(72)44(32(3)7-2)57-48(71)38-12-8-9-21-60(38)5)22-10-13-41-56-37(29-76-41)47(70)52-19-18-33(4)45(68)58-59-50(73)74-23-25-78-77-24-20-51-40(64)28-53-46(69)36(27-42(65)66)55-39(63)26-34-14-16-35(17-15-34)54-30-62/h14-17,29-30,32-33,36,38,44H,6-13,18-28,31H2,1-5H3,(H,51,64)(H,52,70)(H,53,69)(H,54,62)(H,55,63)(H,57,71)(H,58,68)(H,59,73)(H,65,66)/t32?,33-,36-,38+,44?/m0/s1. The highest BCUT2D eigenvalue weighted by Gasteiger charge is 2.34. The van der Waals surface area contributed by atoms with Gasteiger partial charge in [-0.3, -0.25) is 58.3 Å². The molecule has 78 heavy (non-hydrogen) atoms. The maximum Gasteiger partial charge on any atom is 0.426 e. The normalized spacial score (nSPS) is 14.7. The van der Waals surface area contributed by atoms with E-state index >= 15 is 0 Å². The Kier molecular flexibility index (Phi) is 30.8. The Labute approximate surface area is 466 Å². The average Bonchev–Trinajstić information content (AvgIpc) is 3.89. The minimum absolute atomic E-state index is 0.00356. The lowest BCUT2D eigenvalue weighted by atomic mass is 9.96. The van der Waals surface area contributed by atoms with Crippen molar-refractivity contribution in [3.8, 4) is 0 Å². The van der Waals surface area contributed by atoms with Gasteiger partial charge in [0.05, 0.1) is 30.4 Å². The number of nitrogens with zero attached hydrogens (tertiary/aromatic N) is 3. The number of likely N-dealkylation sites (N-methyl/N-ethyl adjacent to an activating group) is 1. The Morgan fingerprint density at radius 3 is 2.35 bits per heavy atom. The number of nitrogens with one attached hydrogen (secondary N) is 8. The number of thiazole rings is 1. The van der Waals surface area contributed by atoms with Crippen molar-refractivity contribution < 1.29 is 67.3 Å². The van der Waals surface area contributed by atoms with Gasteiger partial charge in [-0.1, -0.05) is 74.3 Å². The molecule has 0 aliphatic carbocycles. The molecule has 25 nitrogen and oxygen atoms in total. The van der Waals surface area contributed by atoms with Crippen LogP contribution in [0.5, 0.6) is 0 Å². The number of hydrogen-bond donors (Lipinski definition) is 9. The molecule has 1 aliphatic rings. The molecule has 1 aliphatic heterocycles. The Balaban J connectivity index is 1.29. The molecule has 0 saturated carbocycles. The van der Waals surface area contributed by atoms with Crippen molar-refractivity contribution in [2.45, 2.75) is 116 Å². The van der Waals surface area contributed by atoms with Gasteiger partial charge in [0.1, 0.15) is 24.4 Å². The number of carbonyl (C=O) groups is 11. The van der Waals surface area contributed by atoms with Gasteiger partial charge in [-0.25, -0.2) is 15.2 Å². The van der Waals surface area contributed by atoms with Crippen LogP contribution in [0.1, 0.15) is 107 Å². The van der Waals surface area contributed by atoms with Crippen molar-refractivity contribution in [1.82, 2.24) is 52.2 Å². The number of benzene rings is 1. The number of esters is 1. The number of hydrazine groups is 1. The van der Waals surface area contributed by atoms with Gasteiger partial charge in [-0.2, -0.15) is 0 Å². The number of carboxylic acids is 1. The molecule has 1 saturated heterocycles. The molecule has 0 radical (unpaired) electrons. The van der Waals surface area contributed by atoms with Crippen molar-refractivity contribution >= 4 is 104 Å². The molecule has 1 fully saturated rings. The lowest BCUT2D eigenvalue weighted by Crippen LogP contribution is -2.57. The first-order valence-corrected chi connectivity index (χ1v) is 29.2. The van der Waals surface area contributed by atoms with E-state index in [1.165, 1.54) is 37.8 Å². The summed E-state index contributed by atoms with van der Waals surface area (Å²) < 4.78 is 10.5. The predicted octanol–water partition coefficient (Wildman–Crippen LogP) is 2.12. The van der Waals surface area contributed by atoms with Crippen molar-refractivity contribution in [3.05, 3.63) is 45.9 Å². The van der Waals surface area contributed by atoms with Crippen LogP contribution in [0, 0.1) is 11.8 Å². The Morgan fingerprint density at radius 1 is 0.910 bits per heavy atom. The summed E-state index contributed by atoms with van der Waals surface area (Å²) in [5.41, 5.74) is 5.73. The van der Waals surface area contributed by atoms with Gasteiger partial charge in [-0.15, -0.1) is 11.3 Å². The Hall–Kier alpha value is -6.52. The molecular weight excluding hydrogens is 1070 g/mol. The summed E-state index contributed by atoms with van der Waals surface area (Å²) in [6.07, 6.45) is 3.95. The second kappa shape index (κ2) is 36.6. The molecule has 0 spiro atoms. The van der Waals surface area contributed by atoms with E-state index in [2.05, 4.69) is 47.7 Å². The van der Waals surface area contributed by atoms with Crippen LogP contribution in [0.25, 0.3) is 0 Å². The van der Waals surface area contributed by atoms with E-state index in [0.717, 1.165) is 19.4 Å². The first-order valence-electron chi connectivity index (χ1n) is 25.8. The van der Waals surface area contributed by atoms with Crippen LogP contribution in [-0.4, -0.2) is 168 Å². The lowest BCUT2D eigenvalue weighted by molar-refractivity contribution is -0.155. The maximum absolute atomic E-state index is 14.1. The summed E-state index contributed by atoms with van der Waals surface area (Å²) in [6, 6.07) is 3.77. The fourth-order valence-corrected chi connectivity index (χ4v) is 10.1. The zero-order chi connectivity index (χ0) is 57.4. The lowest BCUT2D eigenvalue weighted by Gasteiger charge is -2.35. The van der Waals surface area contributed by atoms with Gasteiger partial charge >= 0.3 is 18.0 Å². The first-order chi connectivity index (χ1) is 37.3. The summed E-state index contributed by atoms with van der Waals surface area (Å²) >= 11 is 1.28. The molecule has 2 unspecified atom stereocenters. The van der Waals surface area contributed by atoms with E-state index in [1.807, 2.05) is 32.7 Å². The molecule has 5 atom stereocenters. The van der Waals surface area contributed by atoms with Gasteiger partial charge in [-0.05, 0) is 69.3 Å². The molecule has 9 N–H and O–H groups in total. The van der Waals surface area contributed by atoms with Gasteiger partial charge in [0.25, 0.3) is 5.91 Å². The molecule has 2 aromatic rings. The number of carbonyl (C=O) groups excluding carboxylic acids is 10. The van der Waals surface area contributed by atoms with Crippen LogP contribution in [0.15, 0.2) is 29.6 Å². The molecule has 1 aromatic heterocycles. The zero-order valence-corrected chi connectivity index (χ0v) is 47.3. The number of rotatable bonds is 35. The van der Waals surface area contributed by atoms with Crippen molar-refractivity contribution in [2.24, 2.45) is 11.8 Å². The largest absolute Gasteiger partial charge is 0.481 e. The molecule has 9 amide bonds. The highest BCUT2D eigenvalue weighted by molar-refractivity contribution is 8.76. The zero-order valence-electron chi connectivity index (χ0n) is 44.8. The number of ether oxygens (including phenoxy) is 2. The van der Waals surface area contributed by atoms with Crippen molar-refractivity contribution in [2.75, 3.05) is 69.9 Å². The highest BCUT2D eigenvalue weighted by atomic mass is 33.1. The van der Waals surface area contributed by atoms with Crippen LogP contribution in [-0.2, 0) is 65.5 Å². The van der Waals surface area contributed by atoms with Crippen LogP contribution in [0.2, 0.25) is 0 Å². The number of hydrogen-bond acceptors (Lipinski definition) is 18. The monoisotopic (exact) mass is 1150 g/mol. The smallest absolute Gasteiger partial charge is 0.426 e. The van der Waals surface area contributed by atoms with Gasteiger partial charge in [0.2, 0.25) is 41.9 Å². The first kappa shape index (κ1) is 65.8. The van der Waals surface area contributed by atoms with Crippen LogP contribution in [0.3, 0.4) is 0 Å². The van der Waals surface area contributed by atoms with Crippen molar-refractivity contribution in [3.63, 3.8) is 0 Å². The fourth-order valence-electron chi connectivity index (χ4n) is 7.52. The van der Waals surface area contributed by atoms with Crippen LogP contribution in [0.4, 0.5) is 10.5 Å². The molecule has 3 rings (SSSR count). The summed E-state index contributed by atoms with van der Waals surface area (Å²) in [6.45, 7) is 8.00. The van der Waals surface area contributed by atoms with E-state index in [9.17, 15) is 57.8 Å². The predicted molar refractivity (Wildman–Crippen MR) is 293 cm³/mol. The molecular formula is C50H75N11O14S3. The minimum Gasteiger partial charge on any atom is -0.481 e. The third-order valence-corrected chi connectivity index (χ3v) is 15.5. The van der Waals surface area contributed by atoms with Crippen LogP contribution >= 0.6 is 32.9 Å². The number of anilines is 1. The maximum atomic E-state index is 14.1. The van der Waals surface area contributed by atoms with Gasteiger partial charge in [0.15, 0.2) is 6.73 Å². The third kappa shape index (κ3) is 25.3. The molecule has 1 aromatic carbocycles. The number of likely N-dealkylation sites (tertiary alicyclic amines) is 1. The van der Waals surface area contributed by atoms with Crippen molar-refractivity contribution in [1.29, 1.82) is 0 Å². The SMILES string of the molecule is CCCC(=O)OCN(CCCc1nc(C(=O)NCC[C@H](C)C(=O)NNC(=O)OCCSSCCNC(=O)CNC(=O)[C@H](CC(=O)O)NC(=O)Cc2ccc(NC=O)cc2)cs1)C(=O)C(NC(=O)[C@H]1CCCCN1C)C(C)CC. The van der Waals surface area contributed by atoms with E-state index in [4.69, 9.17) is 9.47 Å². The van der Waals surface area contributed by atoms with Crippen LogP contribution < -0.4 is 42.8 Å². The fraction of sp³-hybridized carbons (Fsp3) is 0.600. The third-order valence-electron chi connectivity index (χ3n) is 12.2. The van der Waals surface area contributed by atoms with E-state index < -0.39 is 78.5 Å². The van der Waals surface area contributed by atoms with E-state index in [-0.39, 0.29) is 81.7 Å². The molecule has 432 valence electrons. The summed E-state index contributed by atoms with van der Waals surface area (Å²) in [7, 11) is 4.63. The molecule has 2 heterocycles. The summed E-state index contributed by atoms with van der Waals surface area (Å²) in [4.78, 5) is 145. The Bertz CT molecular complexity index is 2310. The van der Waals surface area contributed by atoms with Gasteiger partial charge < -0.3 is 51.4 Å². The second-order valence-electron chi connectivity index (χ2n) is 18.4. The second-order valence-corrected chi connectivity index (χ2v) is 22.0. The van der Waals surface area contributed by atoms with Gasteiger partial charge in [0, 0.05) is 61.0 Å². The topological polar surface area (TPSA) is 342 Å². The van der Waals surface area contributed by atoms with E-state index in [0.29, 0.717) is 66.3 Å². The summed E-state index contributed by atoms with van der Waals surface area (Å²) in [5.74, 6) is -5.21. The number of aromatic nitrogens is 1. The minimum atomic E-state index is -1.43. The Morgan fingerprint density at radius 2 is 1.65 bits per heavy atom. The quantitative estimate of drug-likeness (QED) is 0.0119. The number of piperidine rings is 1. The number of amides is 9. The number of aryl methyl sites for hydroxylation is 1. The number of carboxylic acid groups (broad SMARTS) is 1. The summed E-state index contributed by atoms with van der Waals surface area (Å²) in [5, 5.41) is 27.0. The molecule has 0 bridgehead atoms. The molecule has 28 heteroatoms. The highest BCUT2D eigenvalue weighted by Crippen LogP contribution is 2.21.